The van der Waals surface area contributed by atoms with Gasteiger partial charge in [-0.15, -0.1) is 0 Å². The molecule has 1 N–H and O–H groups in total. The predicted molar refractivity (Wildman–Crippen MR) is 75.7 cm³/mol. The highest BCUT2D eigenvalue weighted by Gasteiger charge is 2.39. The van der Waals surface area contributed by atoms with Crippen molar-refractivity contribution in [2.75, 3.05) is 6.54 Å². The number of halogens is 2. The first-order chi connectivity index (χ1) is 9.15. The van der Waals surface area contributed by atoms with Crippen LogP contribution < -0.4 is 5.32 Å². The zero-order chi connectivity index (χ0) is 13.4. The third-order valence-electron chi connectivity index (χ3n) is 4.52. The lowest BCUT2D eigenvalue weighted by atomic mass is 9.90. The van der Waals surface area contributed by atoms with Crippen LogP contribution in [0.4, 0.5) is 4.39 Å². The molecule has 1 heterocycles. The van der Waals surface area contributed by atoms with E-state index in [2.05, 4.69) is 21.2 Å². The van der Waals surface area contributed by atoms with E-state index in [0.29, 0.717) is 28.4 Å². The molecule has 1 aromatic rings. The summed E-state index contributed by atoms with van der Waals surface area (Å²) in [5, 5.41) is 3.48. The van der Waals surface area contributed by atoms with E-state index in [4.69, 9.17) is 0 Å². The monoisotopic (exact) mass is 325 g/mol. The zero-order valence-electron chi connectivity index (χ0n) is 10.7. The van der Waals surface area contributed by atoms with Crippen molar-refractivity contribution in [1.82, 2.24) is 5.32 Å². The average molecular weight is 326 g/mol. The zero-order valence-corrected chi connectivity index (χ0v) is 12.2. The molecular weight excluding hydrogens is 309 g/mol. The topological polar surface area (TPSA) is 29.1 Å². The summed E-state index contributed by atoms with van der Waals surface area (Å²) >= 11 is 3.13. The van der Waals surface area contributed by atoms with Crippen LogP contribution in [-0.4, -0.2) is 18.4 Å². The van der Waals surface area contributed by atoms with Gasteiger partial charge in [-0.1, -0.05) is 6.42 Å². The molecule has 0 amide bonds. The fourth-order valence-corrected chi connectivity index (χ4v) is 3.89. The standard InChI is InChI=1S/C15H17BrFNO/c16-12-6-9(4-5-13(12)17)15(19)7-14-11-3-1-2-10(11)8-18-14/h4-6,10-11,14,18H,1-3,7-8H2. The van der Waals surface area contributed by atoms with E-state index in [1.54, 1.807) is 12.1 Å². The summed E-state index contributed by atoms with van der Waals surface area (Å²) in [6.07, 6.45) is 4.36. The molecule has 0 spiro atoms. The number of carbonyl (C=O) groups is 1. The van der Waals surface area contributed by atoms with Gasteiger partial charge in [-0.3, -0.25) is 4.79 Å². The number of Topliss-reactive ketones (excluding diaryl/α,β-unsaturated/α-hetero) is 1. The van der Waals surface area contributed by atoms with Gasteiger partial charge in [0.05, 0.1) is 4.47 Å². The van der Waals surface area contributed by atoms with Gasteiger partial charge in [0, 0.05) is 18.0 Å². The largest absolute Gasteiger partial charge is 0.313 e. The summed E-state index contributed by atoms with van der Waals surface area (Å²) < 4.78 is 13.5. The minimum atomic E-state index is -0.327. The molecule has 0 aromatic heterocycles. The van der Waals surface area contributed by atoms with Crippen LogP contribution in [0.1, 0.15) is 36.0 Å². The van der Waals surface area contributed by atoms with Crippen molar-refractivity contribution in [3.05, 3.63) is 34.1 Å². The Morgan fingerprint density at radius 3 is 3.05 bits per heavy atom. The lowest BCUT2D eigenvalue weighted by molar-refractivity contribution is 0.0963. The maximum atomic E-state index is 13.2. The number of fused-ring (bicyclic) bond motifs is 1. The fourth-order valence-electron chi connectivity index (χ4n) is 3.51. The molecule has 1 saturated heterocycles. The van der Waals surface area contributed by atoms with Gasteiger partial charge >= 0.3 is 0 Å². The van der Waals surface area contributed by atoms with Crippen molar-refractivity contribution < 1.29 is 9.18 Å². The molecule has 19 heavy (non-hydrogen) atoms. The quantitative estimate of drug-likeness (QED) is 0.861. The molecule has 0 bridgehead atoms. The molecule has 4 heteroatoms. The van der Waals surface area contributed by atoms with Crippen LogP contribution in [0.15, 0.2) is 22.7 Å². The van der Waals surface area contributed by atoms with E-state index in [1.165, 1.54) is 25.3 Å². The van der Waals surface area contributed by atoms with Crippen molar-refractivity contribution in [3.63, 3.8) is 0 Å². The molecule has 2 aliphatic rings. The second-order valence-electron chi connectivity index (χ2n) is 5.63. The second kappa shape index (κ2) is 5.33. The van der Waals surface area contributed by atoms with Crippen molar-refractivity contribution in [2.45, 2.75) is 31.7 Å². The maximum Gasteiger partial charge on any atom is 0.164 e. The predicted octanol–water partition coefficient (Wildman–Crippen LogP) is 3.55. The van der Waals surface area contributed by atoms with Crippen LogP contribution in [0.2, 0.25) is 0 Å². The maximum absolute atomic E-state index is 13.2. The average Bonchev–Trinajstić information content (AvgIpc) is 2.97. The van der Waals surface area contributed by atoms with Crippen LogP contribution >= 0.6 is 15.9 Å². The Morgan fingerprint density at radius 2 is 2.26 bits per heavy atom. The van der Waals surface area contributed by atoms with Crippen LogP contribution in [0.5, 0.6) is 0 Å². The smallest absolute Gasteiger partial charge is 0.164 e. The van der Waals surface area contributed by atoms with Gasteiger partial charge in [0.25, 0.3) is 0 Å². The molecule has 0 radical (unpaired) electrons. The third kappa shape index (κ3) is 2.61. The highest BCUT2D eigenvalue weighted by molar-refractivity contribution is 9.10. The minimum absolute atomic E-state index is 0.103. The first-order valence-electron chi connectivity index (χ1n) is 6.87. The number of nitrogens with one attached hydrogen (secondary N) is 1. The van der Waals surface area contributed by atoms with Crippen molar-refractivity contribution in [1.29, 1.82) is 0 Å². The number of rotatable bonds is 3. The van der Waals surface area contributed by atoms with Crippen LogP contribution in [-0.2, 0) is 0 Å². The van der Waals surface area contributed by atoms with Crippen molar-refractivity contribution in [3.8, 4) is 0 Å². The Balaban J connectivity index is 1.69. The lowest BCUT2D eigenvalue weighted by Crippen LogP contribution is -2.29. The first kappa shape index (κ1) is 13.3. The Labute approximate surface area is 120 Å². The molecule has 102 valence electrons. The Bertz CT molecular complexity index is 505. The molecule has 3 rings (SSSR count). The summed E-state index contributed by atoms with van der Waals surface area (Å²) in [5.74, 6) is 1.20. The third-order valence-corrected chi connectivity index (χ3v) is 5.13. The summed E-state index contributed by atoms with van der Waals surface area (Å²) in [7, 11) is 0. The van der Waals surface area contributed by atoms with Gasteiger partial charge in [-0.05, 0) is 65.4 Å². The highest BCUT2D eigenvalue weighted by atomic mass is 79.9. The van der Waals surface area contributed by atoms with Gasteiger partial charge < -0.3 is 5.32 Å². The number of ketones is 1. The lowest BCUT2D eigenvalue weighted by Gasteiger charge is -2.17. The van der Waals surface area contributed by atoms with Gasteiger partial charge in [0.2, 0.25) is 0 Å². The molecule has 2 fully saturated rings. The molecule has 1 aliphatic carbocycles. The van der Waals surface area contributed by atoms with E-state index < -0.39 is 0 Å². The Hall–Kier alpha value is -0.740. The Morgan fingerprint density at radius 1 is 1.42 bits per heavy atom. The van der Waals surface area contributed by atoms with Crippen LogP contribution in [0.25, 0.3) is 0 Å². The molecule has 1 aliphatic heterocycles. The van der Waals surface area contributed by atoms with Crippen LogP contribution in [0, 0.1) is 17.7 Å². The summed E-state index contributed by atoms with van der Waals surface area (Å²) in [6, 6.07) is 4.81. The van der Waals surface area contributed by atoms with Gasteiger partial charge in [-0.25, -0.2) is 4.39 Å². The van der Waals surface area contributed by atoms with Gasteiger partial charge in [-0.2, -0.15) is 0 Å². The van der Waals surface area contributed by atoms with E-state index >= 15 is 0 Å². The minimum Gasteiger partial charge on any atom is -0.313 e. The fraction of sp³-hybridized carbons (Fsp3) is 0.533. The summed E-state index contributed by atoms with van der Waals surface area (Å²) in [6.45, 7) is 1.05. The van der Waals surface area contributed by atoms with Crippen molar-refractivity contribution in [2.24, 2.45) is 11.8 Å². The SMILES string of the molecule is O=C(CC1NCC2CCCC21)c1ccc(F)c(Br)c1. The molecule has 3 atom stereocenters. The summed E-state index contributed by atoms with van der Waals surface area (Å²) in [4.78, 5) is 12.3. The summed E-state index contributed by atoms with van der Waals surface area (Å²) in [5.41, 5.74) is 0.594. The molecule has 1 aromatic carbocycles. The normalized spacial score (nSPS) is 29.5. The van der Waals surface area contributed by atoms with Crippen LogP contribution in [0.3, 0.4) is 0 Å². The highest BCUT2D eigenvalue weighted by Crippen LogP contribution is 2.39. The molecule has 3 unspecified atom stereocenters. The van der Waals surface area contributed by atoms with E-state index in [9.17, 15) is 9.18 Å². The molecule has 2 nitrogen and oxygen atoms in total. The van der Waals surface area contributed by atoms with Gasteiger partial charge in [0.15, 0.2) is 5.78 Å². The Kier molecular flexibility index (Phi) is 3.72. The number of hydrogen-bond donors (Lipinski definition) is 1. The van der Waals surface area contributed by atoms with E-state index in [1.807, 2.05) is 0 Å². The molecule has 1 saturated carbocycles. The number of benzene rings is 1. The number of hydrogen-bond acceptors (Lipinski definition) is 2. The van der Waals surface area contributed by atoms with E-state index in [-0.39, 0.29) is 11.6 Å². The number of carbonyl (C=O) groups excluding carboxylic acids is 1. The molecular formula is C15H17BrFNO. The van der Waals surface area contributed by atoms with Crippen molar-refractivity contribution >= 4 is 21.7 Å². The van der Waals surface area contributed by atoms with E-state index in [0.717, 1.165) is 12.5 Å². The van der Waals surface area contributed by atoms with Gasteiger partial charge in [0.1, 0.15) is 5.82 Å². The second-order valence-corrected chi connectivity index (χ2v) is 6.48. The first-order valence-corrected chi connectivity index (χ1v) is 7.66.